The summed E-state index contributed by atoms with van der Waals surface area (Å²) in [5, 5.41) is 14.3. The zero-order chi connectivity index (χ0) is 37.0. The van der Waals surface area contributed by atoms with Crippen LogP contribution in [0.2, 0.25) is 0 Å². The van der Waals surface area contributed by atoms with Crippen LogP contribution in [-0.2, 0) is 39.9 Å². The minimum absolute atomic E-state index is 0.0292. The molecular formula is C38H62N4O8. The van der Waals surface area contributed by atoms with Gasteiger partial charge in [0.25, 0.3) is 0 Å². The maximum Gasteiger partial charge on any atom is 0.319 e. The molecule has 0 aromatic heterocycles. The molecule has 12 nitrogen and oxygen atoms in total. The summed E-state index contributed by atoms with van der Waals surface area (Å²) in [6.07, 6.45) is -1.77. The molecule has 4 rings (SSSR count). The molecule has 3 fully saturated rings. The summed E-state index contributed by atoms with van der Waals surface area (Å²) < 4.78 is 25.0. The summed E-state index contributed by atoms with van der Waals surface area (Å²) >= 11 is 0. The third kappa shape index (κ3) is 9.50. The zero-order valence-corrected chi connectivity index (χ0v) is 31.9. The number of ether oxygens (including phenoxy) is 4. The molecule has 1 aromatic carbocycles. The Morgan fingerprint density at radius 3 is 2.36 bits per heavy atom. The number of nitrogens with one attached hydrogen (secondary N) is 1. The molecule has 3 aliphatic rings. The summed E-state index contributed by atoms with van der Waals surface area (Å²) in [5.74, 6) is -1.47. The summed E-state index contributed by atoms with van der Waals surface area (Å²) in [7, 11) is 7.48. The van der Waals surface area contributed by atoms with Gasteiger partial charge in [-0.05, 0) is 73.2 Å². The van der Waals surface area contributed by atoms with E-state index in [-0.39, 0.29) is 48.3 Å². The lowest BCUT2D eigenvalue weighted by molar-refractivity contribution is -0.295. The van der Waals surface area contributed by atoms with E-state index in [0.717, 1.165) is 5.56 Å². The molecule has 3 saturated heterocycles. The SMILES string of the molecule is CO[C@]1(C)C[C@@H](C)CN(C)[C@H](C2CN(CC(=O)NCc3ccccc3)C2)COC(=O)C(C)(C)C(=O)[C@H](C)[C@H]1O[C@@H]1O[C@H](C)C[C@H](N(C)C)[C@H]1O. The van der Waals surface area contributed by atoms with Gasteiger partial charge in [-0.25, -0.2) is 0 Å². The molecule has 0 saturated carbocycles. The zero-order valence-electron chi connectivity index (χ0n) is 31.9. The van der Waals surface area contributed by atoms with Gasteiger partial charge in [-0.2, -0.15) is 0 Å². The van der Waals surface area contributed by atoms with Crippen LogP contribution in [0.1, 0.15) is 59.9 Å². The van der Waals surface area contributed by atoms with Crippen molar-refractivity contribution in [3.8, 4) is 0 Å². The number of nitrogens with zero attached hydrogens (tertiary/aromatic N) is 3. The Morgan fingerprint density at radius 1 is 1.08 bits per heavy atom. The first-order valence-corrected chi connectivity index (χ1v) is 18.1. The highest BCUT2D eigenvalue weighted by molar-refractivity contribution is 6.04. The van der Waals surface area contributed by atoms with Gasteiger partial charge in [-0.15, -0.1) is 0 Å². The van der Waals surface area contributed by atoms with E-state index in [2.05, 4.69) is 22.0 Å². The largest absolute Gasteiger partial charge is 0.463 e. The highest BCUT2D eigenvalue weighted by atomic mass is 16.7. The Kier molecular flexibility index (Phi) is 13.6. The van der Waals surface area contributed by atoms with Crippen molar-refractivity contribution >= 4 is 17.7 Å². The number of likely N-dealkylation sites (N-methyl/N-ethyl adjacent to an activating group) is 2. The van der Waals surface area contributed by atoms with Gasteiger partial charge < -0.3 is 34.3 Å². The summed E-state index contributed by atoms with van der Waals surface area (Å²) in [6, 6.07) is 9.52. The van der Waals surface area contributed by atoms with Crippen molar-refractivity contribution in [2.45, 2.75) is 103 Å². The molecule has 1 amide bonds. The molecule has 0 spiro atoms. The Hall–Kier alpha value is -2.45. The number of aliphatic hydroxyl groups excluding tert-OH is 1. The van der Waals surface area contributed by atoms with Crippen molar-refractivity contribution in [1.29, 1.82) is 0 Å². The molecule has 3 heterocycles. The number of cyclic esters (lactones) is 1. The molecule has 282 valence electrons. The first-order chi connectivity index (χ1) is 23.5. The van der Waals surface area contributed by atoms with Crippen molar-refractivity contribution < 1.29 is 38.4 Å². The number of likely N-dealkylation sites (tertiary alicyclic amines) is 1. The number of esters is 1. The molecule has 0 unspecified atom stereocenters. The van der Waals surface area contributed by atoms with E-state index in [1.54, 1.807) is 27.9 Å². The van der Waals surface area contributed by atoms with Gasteiger partial charge in [0.2, 0.25) is 5.91 Å². The van der Waals surface area contributed by atoms with Crippen molar-refractivity contribution in [2.75, 3.05) is 61.0 Å². The van der Waals surface area contributed by atoms with Gasteiger partial charge in [0.15, 0.2) is 12.1 Å². The number of carbonyl (C=O) groups excluding carboxylic acids is 3. The van der Waals surface area contributed by atoms with Crippen LogP contribution in [0.25, 0.3) is 0 Å². The maximum atomic E-state index is 14.3. The topological polar surface area (TPSA) is 130 Å². The lowest BCUT2D eigenvalue weighted by atomic mass is 9.74. The normalized spacial score (nSPS) is 35.4. The van der Waals surface area contributed by atoms with Gasteiger partial charge in [-0.3, -0.25) is 24.2 Å². The van der Waals surface area contributed by atoms with Gasteiger partial charge in [0.05, 0.1) is 24.4 Å². The van der Waals surface area contributed by atoms with E-state index in [1.807, 2.05) is 70.2 Å². The molecular weight excluding hydrogens is 640 g/mol. The fourth-order valence-corrected chi connectivity index (χ4v) is 8.10. The van der Waals surface area contributed by atoms with Crippen LogP contribution in [-0.4, -0.2) is 141 Å². The van der Waals surface area contributed by atoms with Crippen LogP contribution in [0.5, 0.6) is 0 Å². The summed E-state index contributed by atoms with van der Waals surface area (Å²) in [6.45, 7) is 14.0. The lowest BCUT2D eigenvalue weighted by Gasteiger charge is -2.47. The summed E-state index contributed by atoms with van der Waals surface area (Å²) in [4.78, 5) is 47.0. The average molecular weight is 703 g/mol. The second kappa shape index (κ2) is 16.9. The highest BCUT2D eigenvalue weighted by Gasteiger charge is 2.52. The van der Waals surface area contributed by atoms with Crippen molar-refractivity contribution in [3.63, 3.8) is 0 Å². The fourth-order valence-electron chi connectivity index (χ4n) is 8.10. The predicted molar refractivity (Wildman–Crippen MR) is 190 cm³/mol. The first-order valence-electron chi connectivity index (χ1n) is 18.1. The van der Waals surface area contributed by atoms with E-state index in [4.69, 9.17) is 18.9 Å². The Bertz CT molecular complexity index is 1290. The molecule has 12 heteroatoms. The van der Waals surface area contributed by atoms with Crippen LogP contribution in [0, 0.1) is 23.2 Å². The van der Waals surface area contributed by atoms with Gasteiger partial charge in [0.1, 0.15) is 18.1 Å². The molecule has 0 bridgehead atoms. The third-order valence-corrected chi connectivity index (χ3v) is 11.2. The van der Waals surface area contributed by atoms with Crippen LogP contribution in [0.4, 0.5) is 0 Å². The average Bonchev–Trinajstić information content (AvgIpc) is 3.05. The van der Waals surface area contributed by atoms with Gasteiger partial charge >= 0.3 is 5.97 Å². The van der Waals surface area contributed by atoms with Crippen LogP contribution >= 0.6 is 0 Å². The van der Waals surface area contributed by atoms with Gasteiger partial charge in [0, 0.05) is 57.2 Å². The number of carbonyl (C=O) groups is 3. The monoisotopic (exact) mass is 702 g/mol. The molecule has 0 aliphatic carbocycles. The fraction of sp³-hybridized carbons (Fsp3) is 0.763. The second-order valence-corrected chi connectivity index (χ2v) is 16.1. The number of ketones is 1. The molecule has 50 heavy (non-hydrogen) atoms. The molecule has 9 atom stereocenters. The second-order valence-electron chi connectivity index (χ2n) is 16.1. The molecule has 2 N–H and O–H groups in total. The van der Waals surface area contributed by atoms with Crippen LogP contribution < -0.4 is 5.32 Å². The molecule has 0 radical (unpaired) electrons. The smallest absolute Gasteiger partial charge is 0.319 e. The molecule has 1 aromatic rings. The number of aliphatic hydroxyl groups is 1. The summed E-state index contributed by atoms with van der Waals surface area (Å²) in [5.41, 5.74) is -1.38. The van der Waals surface area contributed by atoms with Crippen LogP contribution in [0.3, 0.4) is 0 Å². The number of hydrogen-bond donors (Lipinski definition) is 2. The maximum absolute atomic E-state index is 14.3. The number of Topliss-reactive ketones (excluding diaryl/α,β-unsaturated/α-hetero) is 1. The van der Waals surface area contributed by atoms with E-state index in [1.165, 1.54) is 0 Å². The van der Waals surface area contributed by atoms with Gasteiger partial charge in [-0.1, -0.05) is 44.2 Å². The minimum atomic E-state index is -1.47. The van der Waals surface area contributed by atoms with E-state index < -0.39 is 41.4 Å². The Morgan fingerprint density at radius 2 is 1.74 bits per heavy atom. The molecule has 3 aliphatic heterocycles. The Labute approximate surface area is 299 Å². The van der Waals surface area contributed by atoms with Crippen molar-refractivity contribution in [2.24, 2.45) is 23.2 Å². The number of amides is 1. The van der Waals surface area contributed by atoms with E-state index in [0.29, 0.717) is 45.6 Å². The number of hydrogen-bond acceptors (Lipinski definition) is 11. The third-order valence-electron chi connectivity index (χ3n) is 11.2. The van der Waals surface area contributed by atoms with Crippen molar-refractivity contribution in [1.82, 2.24) is 20.0 Å². The number of benzene rings is 1. The van der Waals surface area contributed by atoms with Crippen LogP contribution in [0.15, 0.2) is 30.3 Å². The van der Waals surface area contributed by atoms with E-state index >= 15 is 0 Å². The predicted octanol–water partition coefficient (Wildman–Crippen LogP) is 2.57. The quantitative estimate of drug-likeness (QED) is 0.291. The van der Waals surface area contributed by atoms with Crippen molar-refractivity contribution in [3.05, 3.63) is 35.9 Å². The lowest BCUT2D eigenvalue weighted by Crippen LogP contribution is -2.60. The standard InChI is InChI=1S/C38H62N4O8/c1-24-17-38(6,47-10)34(50-35-32(44)29(40(7)8)16-25(2)49-35)26(3)33(45)37(4,5)36(46)48-23-30(41(9)19-24)28-20-42(21-28)22-31(43)39-18-27-14-12-11-13-15-27/h11-15,24-26,28-30,32,34-35,44H,16-23H2,1-10H3,(H,39,43)/t24-,25-,26+,29+,30+,32-,34-,35+,38-/m1/s1. The Balaban J connectivity index is 1.51. The highest BCUT2D eigenvalue weighted by Crippen LogP contribution is 2.38. The number of methoxy groups -OCH3 is 1. The first kappa shape index (κ1) is 40.3. The number of rotatable bonds is 9. The van der Waals surface area contributed by atoms with E-state index in [9.17, 15) is 19.5 Å². The minimum Gasteiger partial charge on any atom is -0.463 e.